The lowest BCUT2D eigenvalue weighted by Crippen LogP contribution is -2.49. The summed E-state index contributed by atoms with van der Waals surface area (Å²) < 4.78 is 0. The Bertz CT molecular complexity index is 492. The average Bonchev–Trinajstić information content (AvgIpc) is 2.30. The van der Waals surface area contributed by atoms with E-state index in [4.69, 9.17) is 11.6 Å². The van der Waals surface area contributed by atoms with Gasteiger partial charge in [0, 0.05) is 16.8 Å². The smallest absolute Gasteiger partial charge is 0.204 e. The highest BCUT2D eigenvalue weighted by molar-refractivity contribution is 6.30. The molecule has 0 saturated carbocycles. The molecule has 19 heavy (non-hydrogen) atoms. The molecule has 0 aliphatic carbocycles. The molecule has 0 saturated heterocycles. The molecule has 1 atom stereocenters. The Labute approximate surface area is 118 Å². The van der Waals surface area contributed by atoms with Gasteiger partial charge in [0.1, 0.15) is 6.17 Å². The molecule has 0 aromatic heterocycles. The first kappa shape index (κ1) is 13.7. The number of hydrogen-bond donors (Lipinski definition) is 3. The molecule has 1 aromatic carbocycles. The fourth-order valence-electron chi connectivity index (χ4n) is 1.66. The number of nitrogens with zero attached hydrogens (tertiary/aromatic N) is 2. The Kier molecular flexibility index (Phi) is 4.27. The summed E-state index contributed by atoms with van der Waals surface area (Å²) in [5.74, 6) is 1.40. The molecule has 0 unspecified atom stereocenters. The first-order valence-corrected chi connectivity index (χ1v) is 6.62. The quantitative estimate of drug-likeness (QED) is 0.779. The largest absolute Gasteiger partial charge is 0.354 e. The molecular weight excluding hydrogens is 262 g/mol. The summed E-state index contributed by atoms with van der Waals surface area (Å²) in [4.78, 5) is 8.77. The van der Waals surface area contributed by atoms with Gasteiger partial charge in [0.2, 0.25) is 5.96 Å². The van der Waals surface area contributed by atoms with Gasteiger partial charge in [-0.3, -0.25) is 5.32 Å². The summed E-state index contributed by atoms with van der Waals surface area (Å²) in [6.07, 6.45) is -0.114. The van der Waals surface area contributed by atoms with E-state index >= 15 is 0 Å². The Morgan fingerprint density at radius 1 is 1.16 bits per heavy atom. The maximum Gasteiger partial charge on any atom is 0.204 e. The van der Waals surface area contributed by atoms with Crippen molar-refractivity contribution in [3.05, 3.63) is 29.3 Å². The third kappa shape index (κ3) is 4.13. The van der Waals surface area contributed by atoms with Crippen molar-refractivity contribution in [3.63, 3.8) is 0 Å². The van der Waals surface area contributed by atoms with Crippen LogP contribution in [0.2, 0.25) is 5.02 Å². The van der Waals surface area contributed by atoms with Gasteiger partial charge in [-0.1, -0.05) is 11.6 Å². The molecule has 3 N–H and O–H groups in total. The molecule has 0 radical (unpaired) electrons. The molecule has 6 heteroatoms. The number of halogens is 1. The van der Waals surface area contributed by atoms with Crippen LogP contribution < -0.4 is 16.0 Å². The first-order valence-electron chi connectivity index (χ1n) is 6.24. The van der Waals surface area contributed by atoms with Crippen molar-refractivity contribution in [2.24, 2.45) is 9.98 Å². The summed E-state index contributed by atoms with van der Waals surface area (Å²) >= 11 is 5.86. The fourth-order valence-corrected chi connectivity index (χ4v) is 1.79. The van der Waals surface area contributed by atoms with Gasteiger partial charge >= 0.3 is 0 Å². The van der Waals surface area contributed by atoms with Crippen molar-refractivity contribution in [1.29, 1.82) is 0 Å². The number of guanidine groups is 2. The summed E-state index contributed by atoms with van der Waals surface area (Å²) in [5, 5.41) is 10.3. The third-order valence-corrected chi connectivity index (χ3v) is 2.65. The van der Waals surface area contributed by atoms with Crippen LogP contribution in [0.3, 0.4) is 0 Å². The molecule has 1 aliphatic rings. The summed E-state index contributed by atoms with van der Waals surface area (Å²) in [6, 6.07) is 7.78. The topological polar surface area (TPSA) is 60.8 Å². The fraction of sp³-hybridized carbons (Fsp3) is 0.385. The molecule has 102 valence electrons. The molecule has 0 spiro atoms. The highest BCUT2D eigenvalue weighted by atomic mass is 35.5. The zero-order valence-electron chi connectivity index (χ0n) is 11.2. The molecule has 1 aromatic rings. The second kappa shape index (κ2) is 5.93. The van der Waals surface area contributed by atoms with Gasteiger partial charge in [-0.25, -0.2) is 9.98 Å². The number of anilines is 1. The van der Waals surface area contributed by atoms with Crippen LogP contribution >= 0.6 is 11.6 Å². The van der Waals surface area contributed by atoms with E-state index in [1.54, 1.807) is 0 Å². The number of hydrogen-bond acceptors (Lipinski definition) is 5. The Morgan fingerprint density at radius 2 is 1.79 bits per heavy atom. The summed E-state index contributed by atoms with van der Waals surface area (Å²) in [6.45, 7) is 6.06. The Hall–Kier alpha value is -1.75. The molecule has 5 nitrogen and oxygen atoms in total. The summed E-state index contributed by atoms with van der Waals surface area (Å²) in [7, 11) is 0. The van der Waals surface area contributed by atoms with Gasteiger partial charge < -0.3 is 10.6 Å². The minimum absolute atomic E-state index is 0.114. The minimum Gasteiger partial charge on any atom is -0.354 e. The molecule has 0 bridgehead atoms. The van der Waals surface area contributed by atoms with Crippen LogP contribution in [0.5, 0.6) is 0 Å². The van der Waals surface area contributed by atoms with E-state index < -0.39 is 0 Å². The van der Waals surface area contributed by atoms with Crippen molar-refractivity contribution in [3.8, 4) is 0 Å². The predicted molar refractivity (Wildman–Crippen MR) is 80.8 cm³/mol. The second-order valence-electron chi connectivity index (χ2n) is 4.64. The van der Waals surface area contributed by atoms with Crippen molar-refractivity contribution >= 4 is 29.2 Å². The number of nitrogens with one attached hydrogen (secondary N) is 3. The Balaban J connectivity index is 2.03. The SMILES string of the molecule is CC(C)NC1=N[C@H](C)N=C(Nc2ccc(Cl)cc2)N1. The van der Waals surface area contributed by atoms with E-state index in [0.717, 1.165) is 11.6 Å². The third-order valence-electron chi connectivity index (χ3n) is 2.40. The van der Waals surface area contributed by atoms with E-state index in [-0.39, 0.29) is 6.17 Å². The van der Waals surface area contributed by atoms with Crippen LogP contribution in [0.25, 0.3) is 0 Å². The predicted octanol–water partition coefficient (Wildman–Crippen LogP) is 2.41. The normalized spacial score (nSPS) is 18.5. The average molecular weight is 280 g/mol. The first-order chi connectivity index (χ1) is 9.02. The van der Waals surface area contributed by atoms with Crippen molar-refractivity contribution in [2.45, 2.75) is 33.0 Å². The van der Waals surface area contributed by atoms with E-state index in [9.17, 15) is 0 Å². The molecule has 2 rings (SSSR count). The van der Waals surface area contributed by atoms with Crippen LogP contribution in [0, 0.1) is 0 Å². The van der Waals surface area contributed by atoms with E-state index in [1.807, 2.05) is 31.2 Å². The van der Waals surface area contributed by atoms with Gasteiger partial charge in [-0.05, 0) is 45.0 Å². The monoisotopic (exact) mass is 279 g/mol. The number of rotatable bonds is 2. The molecule has 1 aliphatic heterocycles. The lowest BCUT2D eigenvalue weighted by Gasteiger charge is -2.22. The standard InChI is InChI=1S/C13H18ClN5/c1-8(2)15-12-16-9(3)17-13(19-12)18-11-6-4-10(14)5-7-11/h4-9H,1-3H3,(H3,15,16,17,18,19)/t9-/m0/s1. The second-order valence-corrected chi connectivity index (χ2v) is 5.08. The van der Waals surface area contributed by atoms with Crippen molar-refractivity contribution < 1.29 is 0 Å². The van der Waals surface area contributed by atoms with E-state index in [0.29, 0.717) is 17.0 Å². The van der Waals surface area contributed by atoms with Crippen LogP contribution in [0.15, 0.2) is 34.3 Å². The molecule has 0 fully saturated rings. The lowest BCUT2D eigenvalue weighted by atomic mass is 10.3. The van der Waals surface area contributed by atoms with Crippen molar-refractivity contribution in [2.75, 3.05) is 5.32 Å². The molecular formula is C13H18ClN5. The van der Waals surface area contributed by atoms with Gasteiger partial charge in [0.15, 0.2) is 5.96 Å². The zero-order valence-corrected chi connectivity index (χ0v) is 12.0. The number of aliphatic imine (C=N–C) groups is 2. The molecule has 0 amide bonds. The maximum atomic E-state index is 5.86. The van der Waals surface area contributed by atoms with Crippen LogP contribution in [0.1, 0.15) is 20.8 Å². The van der Waals surface area contributed by atoms with Gasteiger partial charge in [-0.15, -0.1) is 0 Å². The van der Waals surface area contributed by atoms with Crippen LogP contribution in [-0.4, -0.2) is 24.1 Å². The van der Waals surface area contributed by atoms with E-state index in [2.05, 4.69) is 39.8 Å². The van der Waals surface area contributed by atoms with Gasteiger partial charge in [0.05, 0.1) is 0 Å². The highest BCUT2D eigenvalue weighted by Gasteiger charge is 2.13. The number of benzene rings is 1. The highest BCUT2D eigenvalue weighted by Crippen LogP contribution is 2.13. The lowest BCUT2D eigenvalue weighted by molar-refractivity contribution is 0.687. The van der Waals surface area contributed by atoms with Crippen LogP contribution in [-0.2, 0) is 0 Å². The molecule has 1 heterocycles. The Morgan fingerprint density at radius 3 is 2.42 bits per heavy atom. The van der Waals surface area contributed by atoms with Crippen molar-refractivity contribution in [1.82, 2.24) is 10.6 Å². The van der Waals surface area contributed by atoms with Gasteiger partial charge in [-0.2, -0.15) is 0 Å². The van der Waals surface area contributed by atoms with E-state index in [1.165, 1.54) is 0 Å². The zero-order chi connectivity index (χ0) is 13.8. The minimum atomic E-state index is -0.114. The summed E-state index contributed by atoms with van der Waals surface area (Å²) in [5.41, 5.74) is 0.925. The van der Waals surface area contributed by atoms with Crippen LogP contribution in [0.4, 0.5) is 5.69 Å². The van der Waals surface area contributed by atoms with Gasteiger partial charge in [0.25, 0.3) is 0 Å². The maximum absolute atomic E-state index is 5.86.